The van der Waals surface area contributed by atoms with Gasteiger partial charge in [0.15, 0.2) is 0 Å². The number of hydrogen-bond acceptors (Lipinski definition) is 5. The summed E-state index contributed by atoms with van der Waals surface area (Å²) in [6, 6.07) is 3.37. The molecule has 1 aromatic rings. The molecule has 0 bridgehead atoms. The van der Waals surface area contributed by atoms with Crippen molar-refractivity contribution in [3.63, 3.8) is 0 Å². The summed E-state index contributed by atoms with van der Waals surface area (Å²) in [7, 11) is 1.79. The average molecular weight is 388 g/mol. The molecule has 0 aromatic heterocycles. The molecule has 6 nitrogen and oxygen atoms in total. The number of nitrogens with one attached hydrogen (secondary N) is 3. The molecule has 7 heteroatoms. The van der Waals surface area contributed by atoms with E-state index in [0.29, 0.717) is 41.7 Å². The number of carbonyl (C=O) groups is 1. The third-order valence-corrected chi connectivity index (χ3v) is 5.59. The van der Waals surface area contributed by atoms with Gasteiger partial charge < -0.3 is 10.2 Å². The van der Waals surface area contributed by atoms with Crippen LogP contribution in [0.1, 0.15) is 41.8 Å². The molecule has 0 radical (unpaired) electrons. The quantitative estimate of drug-likeness (QED) is 0.697. The van der Waals surface area contributed by atoms with Gasteiger partial charge in [0.2, 0.25) is 5.96 Å². The molecule has 1 aromatic carbocycles. The minimum atomic E-state index is -0.240. The molecule has 1 fully saturated rings. The number of piperidine rings is 1. The molecule has 2 aliphatic rings. The van der Waals surface area contributed by atoms with Crippen molar-refractivity contribution in [2.24, 2.45) is 16.8 Å². The lowest BCUT2D eigenvalue weighted by Gasteiger charge is -2.39. The summed E-state index contributed by atoms with van der Waals surface area (Å²) < 4.78 is 13.9. The molecule has 2 aliphatic heterocycles. The Bertz CT molecular complexity index is 796. The number of carbonyl (C=O) groups excluding carboxylic acids is 1. The van der Waals surface area contributed by atoms with Gasteiger partial charge in [-0.1, -0.05) is 6.92 Å². The van der Waals surface area contributed by atoms with E-state index >= 15 is 0 Å². The Morgan fingerprint density at radius 3 is 2.61 bits per heavy atom. The zero-order valence-electron chi connectivity index (χ0n) is 17.3. The molecule has 2 unspecified atom stereocenters. The SMILES string of the molecule is CNNC1=NC(C)C=C([C@@H]2CN(C(=O)c3cc(C)c(F)c(C)c3)CCC2C)N1. The first-order valence-electron chi connectivity index (χ1n) is 9.85. The van der Waals surface area contributed by atoms with Crippen LogP contribution in [0.5, 0.6) is 0 Å². The van der Waals surface area contributed by atoms with Crippen LogP contribution in [-0.2, 0) is 0 Å². The molecule has 0 aliphatic carbocycles. The van der Waals surface area contributed by atoms with Crippen LogP contribution in [0, 0.1) is 31.5 Å². The van der Waals surface area contributed by atoms with Gasteiger partial charge in [0, 0.05) is 37.3 Å². The zero-order valence-corrected chi connectivity index (χ0v) is 17.3. The summed E-state index contributed by atoms with van der Waals surface area (Å²) in [5.74, 6) is 1.06. The van der Waals surface area contributed by atoms with Crippen molar-refractivity contribution in [3.8, 4) is 0 Å². The fourth-order valence-corrected chi connectivity index (χ4v) is 4.02. The van der Waals surface area contributed by atoms with E-state index in [9.17, 15) is 9.18 Å². The van der Waals surface area contributed by atoms with E-state index in [4.69, 9.17) is 0 Å². The van der Waals surface area contributed by atoms with Crippen molar-refractivity contribution in [1.29, 1.82) is 0 Å². The number of hydrogen-bond donors (Lipinski definition) is 3. The second-order valence-corrected chi connectivity index (χ2v) is 7.89. The van der Waals surface area contributed by atoms with E-state index in [1.54, 1.807) is 33.0 Å². The maximum atomic E-state index is 13.9. The van der Waals surface area contributed by atoms with Crippen molar-refractivity contribution in [3.05, 3.63) is 46.4 Å². The number of rotatable bonds is 3. The first kappa shape index (κ1) is 20.3. The Morgan fingerprint density at radius 1 is 1.29 bits per heavy atom. The maximum Gasteiger partial charge on any atom is 0.253 e. The lowest BCUT2D eigenvalue weighted by molar-refractivity contribution is 0.0638. The first-order valence-corrected chi connectivity index (χ1v) is 9.85. The molecular weight excluding hydrogens is 357 g/mol. The molecule has 152 valence electrons. The largest absolute Gasteiger partial charge is 0.338 e. The predicted molar refractivity (Wildman–Crippen MR) is 109 cm³/mol. The number of likely N-dealkylation sites (tertiary alicyclic amines) is 1. The fourth-order valence-electron chi connectivity index (χ4n) is 4.02. The minimum Gasteiger partial charge on any atom is -0.338 e. The average Bonchev–Trinajstić information content (AvgIpc) is 2.65. The maximum absolute atomic E-state index is 13.9. The highest BCUT2D eigenvalue weighted by atomic mass is 19.1. The molecule has 3 rings (SSSR count). The van der Waals surface area contributed by atoms with Crippen LogP contribution in [0.25, 0.3) is 0 Å². The van der Waals surface area contributed by atoms with Crippen LogP contribution in [0.3, 0.4) is 0 Å². The van der Waals surface area contributed by atoms with Gasteiger partial charge in [-0.25, -0.2) is 14.8 Å². The third-order valence-electron chi connectivity index (χ3n) is 5.59. The highest BCUT2D eigenvalue weighted by molar-refractivity contribution is 5.94. The molecule has 1 amide bonds. The molecule has 28 heavy (non-hydrogen) atoms. The zero-order chi connectivity index (χ0) is 20.4. The van der Waals surface area contributed by atoms with Crippen molar-refractivity contribution in [1.82, 2.24) is 21.1 Å². The molecule has 0 spiro atoms. The number of hydrazine groups is 1. The Kier molecular flexibility index (Phi) is 6.03. The topological polar surface area (TPSA) is 68.8 Å². The second kappa shape index (κ2) is 8.31. The Labute approximate surface area is 166 Å². The Morgan fingerprint density at radius 2 is 1.96 bits per heavy atom. The van der Waals surface area contributed by atoms with E-state index in [2.05, 4.69) is 34.2 Å². The Balaban J connectivity index is 1.78. The van der Waals surface area contributed by atoms with Gasteiger partial charge >= 0.3 is 0 Å². The van der Waals surface area contributed by atoms with Gasteiger partial charge in [0.1, 0.15) is 5.82 Å². The standard InChI is InChI=1S/C21H30FN5O/c1-12-6-7-27(20(28)16-8-13(2)19(22)14(3)9-16)11-17(12)18-10-15(4)24-21(25-18)26-23-5/h8-10,12,15,17,23H,6-7,11H2,1-5H3,(H2,24,25,26)/t12?,15?,17-/m1/s1. The second-order valence-electron chi connectivity index (χ2n) is 7.89. The number of aryl methyl sites for hydroxylation is 2. The van der Waals surface area contributed by atoms with Crippen molar-refractivity contribution < 1.29 is 9.18 Å². The lowest BCUT2D eigenvalue weighted by atomic mass is 9.83. The summed E-state index contributed by atoms with van der Waals surface area (Å²) in [5, 5.41) is 3.36. The minimum absolute atomic E-state index is 0.0326. The summed E-state index contributed by atoms with van der Waals surface area (Å²) >= 11 is 0. The van der Waals surface area contributed by atoms with Crippen LogP contribution in [-0.4, -0.2) is 42.9 Å². The number of nitrogens with zero attached hydrogens (tertiary/aromatic N) is 2. The van der Waals surface area contributed by atoms with Crippen LogP contribution >= 0.6 is 0 Å². The van der Waals surface area contributed by atoms with Crippen LogP contribution < -0.4 is 16.2 Å². The van der Waals surface area contributed by atoms with Gasteiger partial charge in [0.05, 0.1) is 6.04 Å². The Hall–Kier alpha value is -2.41. The third kappa shape index (κ3) is 4.19. The molecule has 0 saturated carbocycles. The van der Waals surface area contributed by atoms with Crippen molar-refractivity contribution >= 4 is 11.9 Å². The molecular formula is C21H30FN5O. The number of aliphatic imine (C=N–C) groups is 1. The van der Waals surface area contributed by atoms with Crippen molar-refractivity contribution in [2.45, 2.75) is 40.2 Å². The van der Waals surface area contributed by atoms with Gasteiger partial charge in [-0.3, -0.25) is 10.2 Å². The van der Waals surface area contributed by atoms with E-state index in [1.165, 1.54) is 0 Å². The van der Waals surface area contributed by atoms with Gasteiger partial charge in [-0.2, -0.15) is 0 Å². The van der Waals surface area contributed by atoms with Crippen LogP contribution in [0.2, 0.25) is 0 Å². The van der Waals surface area contributed by atoms with Gasteiger partial charge in [-0.05, 0) is 62.4 Å². The summed E-state index contributed by atoms with van der Waals surface area (Å²) in [6.45, 7) is 9.02. The highest BCUT2D eigenvalue weighted by Crippen LogP contribution is 2.30. The number of guanidine groups is 1. The van der Waals surface area contributed by atoms with E-state index in [1.807, 2.05) is 11.8 Å². The van der Waals surface area contributed by atoms with Gasteiger partial charge in [-0.15, -0.1) is 0 Å². The lowest BCUT2D eigenvalue weighted by Crippen LogP contribution is -2.50. The smallest absolute Gasteiger partial charge is 0.253 e. The van der Waals surface area contributed by atoms with Crippen LogP contribution in [0.15, 0.2) is 28.9 Å². The highest BCUT2D eigenvalue weighted by Gasteiger charge is 2.33. The fraction of sp³-hybridized carbons (Fsp3) is 0.524. The van der Waals surface area contributed by atoms with E-state index in [-0.39, 0.29) is 23.7 Å². The number of benzene rings is 1. The van der Waals surface area contributed by atoms with Crippen molar-refractivity contribution in [2.75, 3.05) is 20.1 Å². The van der Waals surface area contributed by atoms with E-state index < -0.39 is 0 Å². The predicted octanol–water partition coefficient (Wildman–Crippen LogP) is 2.50. The summed E-state index contributed by atoms with van der Waals surface area (Å²) in [5.41, 5.74) is 8.57. The number of halogens is 1. The monoisotopic (exact) mass is 387 g/mol. The van der Waals surface area contributed by atoms with Crippen LogP contribution in [0.4, 0.5) is 4.39 Å². The molecule has 3 N–H and O–H groups in total. The molecule has 3 atom stereocenters. The van der Waals surface area contributed by atoms with E-state index in [0.717, 1.165) is 12.1 Å². The summed E-state index contributed by atoms with van der Waals surface area (Å²) in [4.78, 5) is 19.5. The first-order chi connectivity index (χ1) is 13.3. The molecule has 2 heterocycles. The summed E-state index contributed by atoms with van der Waals surface area (Å²) in [6.07, 6.45) is 3.05. The normalized spacial score (nSPS) is 24.9. The van der Waals surface area contributed by atoms with Gasteiger partial charge in [0.25, 0.3) is 5.91 Å². The molecule has 1 saturated heterocycles. The number of amides is 1.